The third-order valence-corrected chi connectivity index (χ3v) is 6.00. The molecule has 0 aliphatic heterocycles. The second kappa shape index (κ2) is 6.42. The van der Waals surface area contributed by atoms with E-state index in [2.05, 4.69) is 109 Å². The first-order valence-corrected chi connectivity index (χ1v) is 9.80. The monoisotopic (exact) mass is 364 g/mol. The number of aryl methyl sites for hydroxylation is 2. The van der Waals surface area contributed by atoms with E-state index in [0.717, 1.165) is 6.42 Å². The molecular weight excluding hydrogens is 340 g/mol. The Hall–Kier alpha value is -3.26. The van der Waals surface area contributed by atoms with Crippen LogP contribution in [0.3, 0.4) is 0 Å². The summed E-state index contributed by atoms with van der Waals surface area (Å²) in [7, 11) is 4.27. The van der Waals surface area contributed by atoms with E-state index in [1.165, 1.54) is 50.3 Å². The lowest BCUT2D eigenvalue weighted by molar-refractivity contribution is -0.660. The van der Waals surface area contributed by atoms with E-state index in [1.807, 2.05) is 0 Å². The largest absolute Gasteiger partial charge is 0.220 e. The average Bonchev–Trinajstić information content (AvgIpc) is 3.08. The molecule has 0 saturated heterocycles. The van der Waals surface area contributed by atoms with E-state index in [4.69, 9.17) is 0 Å². The summed E-state index contributed by atoms with van der Waals surface area (Å²) in [6, 6.07) is 24.1. The molecule has 2 aromatic heterocycles. The second-order valence-corrected chi connectivity index (χ2v) is 7.68. The molecule has 2 heteroatoms. The van der Waals surface area contributed by atoms with Gasteiger partial charge in [-0.3, -0.25) is 0 Å². The topological polar surface area (TPSA) is 7.76 Å². The van der Waals surface area contributed by atoms with Gasteiger partial charge in [-0.2, -0.15) is 0 Å². The van der Waals surface area contributed by atoms with Crippen molar-refractivity contribution in [3.05, 3.63) is 95.8 Å². The maximum Gasteiger partial charge on any atom is 0.220 e. The highest BCUT2D eigenvalue weighted by Crippen LogP contribution is 2.42. The van der Waals surface area contributed by atoms with Crippen molar-refractivity contribution in [1.29, 1.82) is 0 Å². The molecule has 0 bridgehead atoms. The molecule has 2 aromatic carbocycles. The van der Waals surface area contributed by atoms with Crippen LogP contribution in [0.5, 0.6) is 0 Å². The lowest BCUT2D eigenvalue weighted by Gasteiger charge is -2.12. The molecule has 136 valence electrons. The number of hydrogen-bond acceptors (Lipinski definition) is 0. The van der Waals surface area contributed by atoms with Gasteiger partial charge < -0.3 is 0 Å². The summed E-state index contributed by atoms with van der Waals surface area (Å²) in [4.78, 5) is 0. The summed E-state index contributed by atoms with van der Waals surface area (Å²) >= 11 is 0. The Morgan fingerprint density at radius 3 is 2.25 bits per heavy atom. The zero-order chi connectivity index (χ0) is 19.3. The predicted octanol–water partition coefficient (Wildman–Crippen LogP) is 4.55. The van der Waals surface area contributed by atoms with Gasteiger partial charge in [-0.25, -0.2) is 9.13 Å². The van der Waals surface area contributed by atoms with Gasteiger partial charge in [0.25, 0.3) is 0 Å². The molecule has 4 aromatic rings. The van der Waals surface area contributed by atoms with Gasteiger partial charge in [0.2, 0.25) is 11.4 Å². The van der Waals surface area contributed by atoms with Crippen molar-refractivity contribution in [3.8, 4) is 33.6 Å². The van der Waals surface area contributed by atoms with Crippen molar-refractivity contribution >= 4 is 0 Å². The Kier molecular flexibility index (Phi) is 3.87. The molecule has 0 unspecified atom stereocenters. The summed E-state index contributed by atoms with van der Waals surface area (Å²) in [6.45, 7) is 2.25. The maximum atomic E-state index is 2.28. The minimum atomic E-state index is 1.02. The Morgan fingerprint density at radius 1 is 0.643 bits per heavy atom. The standard InChI is InChI=1S/C26H24N2/c1-18-21(24-13-6-7-15-27(24)2)11-8-12-22(18)26-25-20(14-16-28(26)3)17-19-9-4-5-10-23(19)25/h4-16H,17H2,1-3H3/q+2. The summed E-state index contributed by atoms with van der Waals surface area (Å²) in [5, 5.41) is 0. The fourth-order valence-electron chi connectivity index (χ4n) is 4.56. The molecule has 2 heterocycles. The van der Waals surface area contributed by atoms with Crippen molar-refractivity contribution in [2.24, 2.45) is 14.1 Å². The molecule has 0 fully saturated rings. The van der Waals surface area contributed by atoms with Gasteiger partial charge in [0.1, 0.15) is 14.1 Å². The number of nitrogens with zero attached hydrogens (tertiary/aromatic N) is 2. The molecule has 0 atom stereocenters. The van der Waals surface area contributed by atoms with Gasteiger partial charge in [0.15, 0.2) is 12.4 Å². The molecular formula is C26H24N2+2. The third kappa shape index (κ3) is 2.49. The van der Waals surface area contributed by atoms with Crippen LogP contribution in [-0.2, 0) is 20.5 Å². The average molecular weight is 364 g/mol. The molecule has 0 saturated carbocycles. The van der Waals surface area contributed by atoms with E-state index >= 15 is 0 Å². The maximum absolute atomic E-state index is 2.28. The Labute approximate surface area is 166 Å². The molecule has 1 aliphatic carbocycles. The number of rotatable bonds is 2. The lowest BCUT2D eigenvalue weighted by Crippen LogP contribution is -2.32. The number of pyridine rings is 2. The van der Waals surface area contributed by atoms with E-state index in [0.29, 0.717) is 0 Å². The van der Waals surface area contributed by atoms with Crippen LogP contribution in [0.1, 0.15) is 16.7 Å². The van der Waals surface area contributed by atoms with E-state index in [1.54, 1.807) is 0 Å². The highest BCUT2D eigenvalue weighted by atomic mass is 14.9. The number of aromatic nitrogens is 2. The Bertz CT molecular complexity index is 1220. The van der Waals surface area contributed by atoms with E-state index < -0.39 is 0 Å². The highest BCUT2D eigenvalue weighted by Gasteiger charge is 2.29. The zero-order valence-electron chi connectivity index (χ0n) is 16.6. The Balaban J connectivity index is 1.79. The van der Waals surface area contributed by atoms with Crippen molar-refractivity contribution in [1.82, 2.24) is 0 Å². The SMILES string of the molecule is Cc1c(-c2cccc[n+]2C)cccc1-c1c2c(cc[n+]1C)Cc1ccccc1-2. The van der Waals surface area contributed by atoms with Crippen LogP contribution in [0, 0.1) is 6.92 Å². The van der Waals surface area contributed by atoms with Crippen LogP contribution in [-0.4, -0.2) is 0 Å². The van der Waals surface area contributed by atoms with Crippen molar-refractivity contribution in [2.45, 2.75) is 13.3 Å². The van der Waals surface area contributed by atoms with Crippen LogP contribution in [0.4, 0.5) is 0 Å². The first kappa shape index (κ1) is 16.9. The Morgan fingerprint density at radius 2 is 1.39 bits per heavy atom. The normalized spacial score (nSPS) is 12.0. The van der Waals surface area contributed by atoms with Crippen LogP contribution in [0.2, 0.25) is 0 Å². The predicted molar refractivity (Wildman–Crippen MR) is 113 cm³/mol. The first-order valence-electron chi connectivity index (χ1n) is 9.80. The van der Waals surface area contributed by atoms with Crippen molar-refractivity contribution in [2.75, 3.05) is 0 Å². The molecule has 5 rings (SSSR count). The van der Waals surface area contributed by atoms with Crippen LogP contribution >= 0.6 is 0 Å². The van der Waals surface area contributed by atoms with Crippen molar-refractivity contribution < 1.29 is 9.13 Å². The van der Waals surface area contributed by atoms with Crippen LogP contribution in [0.25, 0.3) is 33.6 Å². The molecule has 0 amide bonds. The van der Waals surface area contributed by atoms with Gasteiger partial charge in [-0.05, 0) is 53.8 Å². The molecule has 1 aliphatic rings. The smallest absolute Gasteiger partial charge is 0.201 e. The van der Waals surface area contributed by atoms with Crippen LogP contribution in [0.15, 0.2) is 79.1 Å². The minimum absolute atomic E-state index is 1.02. The lowest BCUT2D eigenvalue weighted by atomic mass is 9.92. The highest BCUT2D eigenvalue weighted by molar-refractivity contribution is 5.89. The number of hydrogen-bond donors (Lipinski definition) is 0. The van der Waals surface area contributed by atoms with Gasteiger partial charge >= 0.3 is 0 Å². The van der Waals surface area contributed by atoms with E-state index in [-0.39, 0.29) is 0 Å². The molecule has 28 heavy (non-hydrogen) atoms. The zero-order valence-corrected chi connectivity index (χ0v) is 16.6. The summed E-state index contributed by atoms with van der Waals surface area (Å²) in [5.74, 6) is 0. The number of benzene rings is 2. The summed E-state index contributed by atoms with van der Waals surface area (Å²) in [5.41, 5.74) is 12.0. The third-order valence-electron chi connectivity index (χ3n) is 6.00. The minimum Gasteiger partial charge on any atom is -0.201 e. The summed E-state index contributed by atoms with van der Waals surface area (Å²) in [6.07, 6.45) is 5.33. The van der Waals surface area contributed by atoms with Gasteiger partial charge in [-0.15, -0.1) is 0 Å². The first-order chi connectivity index (χ1) is 13.6. The fraction of sp³-hybridized carbons (Fsp3) is 0.154. The van der Waals surface area contributed by atoms with Crippen LogP contribution < -0.4 is 9.13 Å². The van der Waals surface area contributed by atoms with Crippen molar-refractivity contribution in [3.63, 3.8) is 0 Å². The van der Waals surface area contributed by atoms with E-state index in [9.17, 15) is 0 Å². The molecule has 0 N–H and O–H groups in total. The number of fused-ring (bicyclic) bond motifs is 3. The quantitative estimate of drug-likeness (QED) is 0.406. The van der Waals surface area contributed by atoms with Gasteiger partial charge in [0.05, 0.1) is 11.1 Å². The fourth-order valence-corrected chi connectivity index (χ4v) is 4.56. The summed E-state index contributed by atoms with van der Waals surface area (Å²) < 4.78 is 4.47. The van der Waals surface area contributed by atoms with Gasteiger partial charge in [-0.1, -0.05) is 30.3 Å². The van der Waals surface area contributed by atoms with Gasteiger partial charge in [0, 0.05) is 23.8 Å². The molecule has 0 spiro atoms. The second-order valence-electron chi connectivity index (χ2n) is 7.68. The molecule has 0 radical (unpaired) electrons. The molecule has 2 nitrogen and oxygen atoms in total.